The Labute approximate surface area is 120 Å². The van der Waals surface area contributed by atoms with Crippen LogP contribution in [0.25, 0.3) is 0 Å². The van der Waals surface area contributed by atoms with E-state index in [1.807, 2.05) is 6.92 Å². The molecule has 0 saturated carbocycles. The van der Waals surface area contributed by atoms with Crippen molar-refractivity contribution in [2.24, 2.45) is 0 Å². The fraction of sp³-hybridized carbons (Fsp3) is 0.231. The van der Waals surface area contributed by atoms with Crippen LogP contribution in [0.15, 0.2) is 30.5 Å². The van der Waals surface area contributed by atoms with Crippen molar-refractivity contribution >= 4 is 17.5 Å². The van der Waals surface area contributed by atoms with Crippen molar-refractivity contribution in [3.05, 3.63) is 52.0 Å². The fourth-order valence-corrected chi connectivity index (χ4v) is 1.70. The standard InChI is InChI=1S/C13H14FN5O2/c1-2-15-13-17-8-11(19(20)21)12(18-13)16-7-9-5-3-4-6-10(9)14/h3-6,8H,2,7H2,1H3,(H2,15,16,17,18). The summed E-state index contributed by atoms with van der Waals surface area (Å²) in [7, 11) is 0. The number of anilines is 2. The summed E-state index contributed by atoms with van der Waals surface area (Å²) in [5.41, 5.74) is 0.142. The number of nitrogens with one attached hydrogen (secondary N) is 2. The van der Waals surface area contributed by atoms with Crippen LogP contribution < -0.4 is 10.6 Å². The van der Waals surface area contributed by atoms with Crippen LogP contribution in [0.2, 0.25) is 0 Å². The molecule has 0 fully saturated rings. The van der Waals surface area contributed by atoms with E-state index in [-0.39, 0.29) is 29.8 Å². The molecule has 8 heteroatoms. The lowest BCUT2D eigenvalue weighted by atomic mass is 10.2. The van der Waals surface area contributed by atoms with Crippen molar-refractivity contribution in [2.45, 2.75) is 13.5 Å². The van der Waals surface area contributed by atoms with Gasteiger partial charge in [-0.1, -0.05) is 18.2 Å². The Kier molecular flexibility index (Phi) is 4.60. The number of nitrogens with zero attached hydrogens (tertiary/aromatic N) is 3. The second-order valence-corrected chi connectivity index (χ2v) is 4.16. The maximum absolute atomic E-state index is 13.5. The molecule has 0 unspecified atom stereocenters. The largest absolute Gasteiger partial charge is 0.360 e. The summed E-state index contributed by atoms with van der Waals surface area (Å²) in [6, 6.07) is 6.20. The van der Waals surface area contributed by atoms with Crippen molar-refractivity contribution in [2.75, 3.05) is 17.2 Å². The lowest BCUT2D eigenvalue weighted by molar-refractivity contribution is -0.384. The summed E-state index contributed by atoms with van der Waals surface area (Å²) in [4.78, 5) is 18.3. The molecule has 7 nitrogen and oxygen atoms in total. The van der Waals surface area contributed by atoms with E-state index < -0.39 is 4.92 Å². The Balaban J connectivity index is 2.22. The molecule has 1 heterocycles. The highest BCUT2D eigenvalue weighted by molar-refractivity contribution is 5.57. The molecule has 21 heavy (non-hydrogen) atoms. The highest BCUT2D eigenvalue weighted by Crippen LogP contribution is 2.22. The van der Waals surface area contributed by atoms with Gasteiger partial charge in [0.05, 0.1) is 4.92 Å². The van der Waals surface area contributed by atoms with Crippen LogP contribution in [0.5, 0.6) is 0 Å². The number of halogens is 1. The topological polar surface area (TPSA) is 93.0 Å². The predicted molar refractivity (Wildman–Crippen MR) is 76.6 cm³/mol. The van der Waals surface area contributed by atoms with E-state index in [0.29, 0.717) is 12.1 Å². The maximum atomic E-state index is 13.5. The molecular formula is C13H14FN5O2. The third-order valence-corrected chi connectivity index (χ3v) is 2.71. The smallest absolute Gasteiger partial charge is 0.329 e. The molecule has 0 aliphatic heterocycles. The van der Waals surface area contributed by atoms with Gasteiger partial charge in [0.15, 0.2) is 0 Å². The van der Waals surface area contributed by atoms with Gasteiger partial charge in [0.1, 0.15) is 12.0 Å². The average molecular weight is 291 g/mol. The van der Waals surface area contributed by atoms with Gasteiger partial charge in [-0.2, -0.15) is 4.98 Å². The normalized spacial score (nSPS) is 10.2. The quantitative estimate of drug-likeness (QED) is 0.627. The number of aromatic nitrogens is 2. The fourth-order valence-electron chi connectivity index (χ4n) is 1.70. The van der Waals surface area contributed by atoms with Crippen LogP contribution >= 0.6 is 0 Å². The molecule has 110 valence electrons. The maximum Gasteiger partial charge on any atom is 0.329 e. The van der Waals surface area contributed by atoms with Gasteiger partial charge in [0, 0.05) is 18.7 Å². The van der Waals surface area contributed by atoms with Crippen molar-refractivity contribution in [3.8, 4) is 0 Å². The Hall–Kier alpha value is -2.77. The molecule has 1 aromatic heterocycles. The number of hydrogen-bond donors (Lipinski definition) is 2. The number of benzene rings is 1. The zero-order valence-electron chi connectivity index (χ0n) is 11.3. The van der Waals surface area contributed by atoms with Crippen molar-refractivity contribution in [3.63, 3.8) is 0 Å². The zero-order chi connectivity index (χ0) is 15.2. The van der Waals surface area contributed by atoms with E-state index in [1.165, 1.54) is 6.07 Å². The van der Waals surface area contributed by atoms with Crippen molar-refractivity contribution in [1.82, 2.24) is 9.97 Å². The van der Waals surface area contributed by atoms with Gasteiger partial charge in [0.25, 0.3) is 0 Å². The van der Waals surface area contributed by atoms with E-state index >= 15 is 0 Å². The minimum atomic E-state index is -0.584. The van der Waals surface area contributed by atoms with Gasteiger partial charge in [-0.25, -0.2) is 9.37 Å². The van der Waals surface area contributed by atoms with Crippen LogP contribution in [-0.4, -0.2) is 21.4 Å². The van der Waals surface area contributed by atoms with Gasteiger partial charge in [-0.05, 0) is 13.0 Å². The van der Waals surface area contributed by atoms with E-state index in [9.17, 15) is 14.5 Å². The number of rotatable bonds is 6. The second kappa shape index (κ2) is 6.60. The van der Waals surface area contributed by atoms with Gasteiger partial charge in [0.2, 0.25) is 11.8 Å². The zero-order valence-corrected chi connectivity index (χ0v) is 11.3. The highest BCUT2D eigenvalue weighted by Gasteiger charge is 2.17. The molecule has 0 aliphatic rings. The SMILES string of the molecule is CCNc1ncc([N+](=O)[O-])c(NCc2ccccc2F)n1. The van der Waals surface area contributed by atoms with E-state index in [0.717, 1.165) is 6.20 Å². The van der Waals surface area contributed by atoms with E-state index in [1.54, 1.807) is 18.2 Å². The molecule has 0 radical (unpaired) electrons. The Morgan fingerprint density at radius 1 is 1.33 bits per heavy atom. The summed E-state index contributed by atoms with van der Waals surface area (Å²) >= 11 is 0. The molecule has 0 atom stereocenters. The molecule has 2 aromatic rings. The third kappa shape index (κ3) is 3.62. The first-order chi connectivity index (χ1) is 10.1. The van der Waals surface area contributed by atoms with Crippen LogP contribution in [0.3, 0.4) is 0 Å². The first-order valence-corrected chi connectivity index (χ1v) is 6.34. The van der Waals surface area contributed by atoms with Crippen molar-refractivity contribution < 1.29 is 9.31 Å². The minimum Gasteiger partial charge on any atom is -0.360 e. The van der Waals surface area contributed by atoms with Crippen LogP contribution in [0, 0.1) is 15.9 Å². The van der Waals surface area contributed by atoms with Crippen LogP contribution in [-0.2, 0) is 6.54 Å². The average Bonchev–Trinajstić information content (AvgIpc) is 2.46. The first kappa shape index (κ1) is 14.6. The summed E-state index contributed by atoms with van der Waals surface area (Å²) in [6.07, 6.45) is 1.12. The minimum absolute atomic E-state index is 0.0502. The molecule has 0 bridgehead atoms. The summed E-state index contributed by atoms with van der Waals surface area (Å²) in [6.45, 7) is 2.54. The van der Waals surface area contributed by atoms with Crippen molar-refractivity contribution in [1.29, 1.82) is 0 Å². The van der Waals surface area contributed by atoms with Gasteiger partial charge in [-0.15, -0.1) is 0 Å². The van der Waals surface area contributed by atoms with Crippen LogP contribution in [0.1, 0.15) is 12.5 Å². The third-order valence-electron chi connectivity index (χ3n) is 2.71. The summed E-state index contributed by atoms with van der Waals surface area (Å²) in [5, 5.41) is 16.6. The van der Waals surface area contributed by atoms with E-state index in [4.69, 9.17) is 0 Å². The Morgan fingerprint density at radius 2 is 2.10 bits per heavy atom. The predicted octanol–water partition coefficient (Wildman–Crippen LogP) is 2.57. The number of nitro groups is 1. The molecule has 2 N–H and O–H groups in total. The molecular weight excluding hydrogens is 277 g/mol. The lowest BCUT2D eigenvalue weighted by Gasteiger charge is -2.08. The van der Waals surface area contributed by atoms with Gasteiger partial charge >= 0.3 is 5.69 Å². The molecule has 0 aliphatic carbocycles. The first-order valence-electron chi connectivity index (χ1n) is 6.34. The van der Waals surface area contributed by atoms with E-state index in [2.05, 4.69) is 20.6 Å². The highest BCUT2D eigenvalue weighted by atomic mass is 19.1. The Morgan fingerprint density at radius 3 is 2.76 bits per heavy atom. The monoisotopic (exact) mass is 291 g/mol. The molecule has 1 aromatic carbocycles. The summed E-state index contributed by atoms with van der Waals surface area (Å²) < 4.78 is 13.5. The molecule has 0 spiro atoms. The van der Waals surface area contributed by atoms with Gasteiger partial charge < -0.3 is 10.6 Å². The molecule has 2 rings (SSSR count). The molecule has 0 amide bonds. The second-order valence-electron chi connectivity index (χ2n) is 4.16. The lowest BCUT2D eigenvalue weighted by Crippen LogP contribution is -2.09. The summed E-state index contributed by atoms with van der Waals surface area (Å²) in [5.74, 6) is -0.0537. The Bertz CT molecular complexity index is 650. The number of hydrogen-bond acceptors (Lipinski definition) is 6. The van der Waals surface area contributed by atoms with Gasteiger partial charge in [-0.3, -0.25) is 10.1 Å². The van der Waals surface area contributed by atoms with Crippen LogP contribution in [0.4, 0.5) is 21.8 Å². The molecule has 0 saturated heterocycles.